The Labute approximate surface area is 112 Å². The molecule has 0 amide bonds. The first-order valence-electron chi connectivity index (χ1n) is 6.27. The maximum atomic E-state index is 4.56. The van der Waals surface area contributed by atoms with Crippen LogP contribution in [0, 0.1) is 13.8 Å². The molecule has 94 valence electrons. The largest absolute Gasteiger partial charge is 0.285 e. The molecule has 3 nitrogen and oxygen atoms in total. The summed E-state index contributed by atoms with van der Waals surface area (Å²) in [4.78, 5) is 4.56. The number of H-pyrrole nitrogens is 1. The van der Waals surface area contributed by atoms with Crippen molar-refractivity contribution in [3.63, 3.8) is 0 Å². The van der Waals surface area contributed by atoms with E-state index >= 15 is 0 Å². The van der Waals surface area contributed by atoms with Gasteiger partial charge in [-0.05, 0) is 31.0 Å². The van der Waals surface area contributed by atoms with Crippen LogP contribution < -0.4 is 0 Å². The van der Waals surface area contributed by atoms with Crippen molar-refractivity contribution in [2.45, 2.75) is 13.8 Å². The van der Waals surface area contributed by atoms with Gasteiger partial charge in [-0.2, -0.15) is 5.10 Å². The molecule has 1 aromatic carbocycles. The van der Waals surface area contributed by atoms with Crippen LogP contribution in [0.1, 0.15) is 11.1 Å². The molecule has 0 aliphatic rings. The zero-order valence-corrected chi connectivity index (χ0v) is 11.0. The lowest BCUT2D eigenvalue weighted by atomic mass is 9.99. The molecule has 0 bridgehead atoms. The molecule has 0 fully saturated rings. The zero-order chi connectivity index (χ0) is 13.2. The number of pyridine rings is 1. The predicted molar refractivity (Wildman–Crippen MR) is 76.7 cm³/mol. The van der Waals surface area contributed by atoms with Gasteiger partial charge in [0, 0.05) is 23.5 Å². The van der Waals surface area contributed by atoms with Gasteiger partial charge in [-0.25, -0.2) is 0 Å². The van der Waals surface area contributed by atoms with Gasteiger partial charge in [0.2, 0.25) is 0 Å². The second-order valence-corrected chi connectivity index (χ2v) is 4.76. The van der Waals surface area contributed by atoms with E-state index in [1.807, 2.05) is 12.4 Å². The van der Waals surface area contributed by atoms with Crippen LogP contribution in [-0.2, 0) is 0 Å². The van der Waals surface area contributed by atoms with Crippen molar-refractivity contribution in [3.8, 4) is 22.4 Å². The molecule has 2 heterocycles. The van der Waals surface area contributed by atoms with Crippen LogP contribution in [0.25, 0.3) is 22.4 Å². The summed E-state index contributed by atoms with van der Waals surface area (Å²) in [5.41, 5.74) is 6.70. The number of benzene rings is 1. The summed E-state index contributed by atoms with van der Waals surface area (Å²) in [6, 6.07) is 10.7. The summed E-state index contributed by atoms with van der Waals surface area (Å²) < 4.78 is 0. The Balaban J connectivity index is 2.19. The fraction of sp³-hybridized carbons (Fsp3) is 0.125. The van der Waals surface area contributed by atoms with Gasteiger partial charge in [-0.1, -0.05) is 29.8 Å². The van der Waals surface area contributed by atoms with E-state index in [0.29, 0.717) is 0 Å². The molecule has 0 aliphatic carbocycles. The highest BCUT2D eigenvalue weighted by atomic mass is 15.1. The molecule has 1 N–H and O–H groups in total. The topological polar surface area (TPSA) is 41.6 Å². The van der Waals surface area contributed by atoms with E-state index in [0.717, 1.165) is 22.4 Å². The number of nitrogens with one attached hydrogen (secondary N) is 1. The summed E-state index contributed by atoms with van der Waals surface area (Å²) in [6.07, 6.45) is 5.56. The lowest BCUT2D eigenvalue weighted by Gasteiger charge is -2.09. The van der Waals surface area contributed by atoms with Crippen LogP contribution in [0.2, 0.25) is 0 Å². The molecule has 0 aliphatic heterocycles. The Kier molecular flexibility index (Phi) is 2.88. The van der Waals surface area contributed by atoms with Crippen LogP contribution in [0.4, 0.5) is 0 Å². The highest BCUT2D eigenvalue weighted by Crippen LogP contribution is 2.30. The van der Waals surface area contributed by atoms with Gasteiger partial charge in [0.15, 0.2) is 0 Å². The van der Waals surface area contributed by atoms with Crippen LogP contribution in [0.15, 0.2) is 48.9 Å². The lowest BCUT2D eigenvalue weighted by molar-refractivity contribution is 1.09. The first-order valence-corrected chi connectivity index (χ1v) is 6.27. The standard InChI is InChI=1S/C16H15N3/c1-11-3-5-13(6-4-11)15-7-12(2)8-17-16(15)14-9-18-19-10-14/h3-10H,1-2H3,(H,18,19). The molecule has 0 atom stereocenters. The van der Waals surface area contributed by atoms with Gasteiger partial charge in [-0.15, -0.1) is 0 Å². The minimum atomic E-state index is 0.961. The molecule has 3 rings (SSSR count). The van der Waals surface area contributed by atoms with E-state index in [4.69, 9.17) is 0 Å². The Bertz CT molecular complexity index is 683. The van der Waals surface area contributed by atoms with Gasteiger partial charge in [-0.3, -0.25) is 10.1 Å². The van der Waals surface area contributed by atoms with Crippen LogP contribution in [-0.4, -0.2) is 15.2 Å². The summed E-state index contributed by atoms with van der Waals surface area (Å²) in [6.45, 7) is 4.15. The van der Waals surface area contributed by atoms with Gasteiger partial charge in [0.05, 0.1) is 11.9 Å². The molecule has 3 aromatic rings. The highest BCUT2D eigenvalue weighted by molar-refractivity contribution is 5.80. The van der Waals surface area contributed by atoms with Crippen LogP contribution in [0.5, 0.6) is 0 Å². The smallest absolute Gasteiger partial charge is 0.0811 e. The SMILES string of the molecule is Cc1ccc(-c2cc(C)cnc2-c2cn[nH]c2)cc1. The number of nitrogens with zero attached hydrogens (tertiary/aromatic N) is 2. The van der Waals surface area contributed by atoms with E-state index in [1.54, 1.807) is 6.20 Å². The van der Waals surface area contributed by atoms with Crippen molar-refractivity contribution < 1.29 is 0 Å². The average Bonchev–Trinajstić information content (AvgIpc) is 2.93. The van der Waals surface area contributed by atoms with E-state index in [9.17, 15) is 0 Å². The monoisotopic (exact) mass is 249 g/mol. The summed E-state index contributed by atoms with van der Waals surface area (Å²) in [5.74, 6) is 0. The minimum absolute atomic E-state index is 0.961. The van der Waals surface area contributed by atoms with Crippen molar-refractivity contribution >= 4 is 0 Å². The fourth-order valence-electron chi connectivity index (χ4n) is 2.13. The third-order valence-electron chi connectivity index (χ3n) is 3.16. The maximum Gasteiger partial charge on any atom is 0.0811 e. The molecule has 2 aromatic heterocycles. The molecular weight excluding hydrogens is 234 g/mol. The number of hydrogen-bond donors (Lipinski definition) is 1. The van der Waals surface area contributed by atoms with E-state index in [2.05, 4.69) is 59.4 Å². The molecular formula is C16H15N3. The predicted octanol–water partition coefficient (Wildman–Crippen LogP) is 3.76. The molecule has 0 unspecified atom stereocenters. The minimum Gasteiger partial charge on any atom is -0.285 e. The van der Waals surface area contributed by atoms with Gasteiger partial charge in [0.25, 0.3) is 0 Å². The second-order valence-electron chi connectivity index (χ2n) is 4.76. The Morgan fingerprint density at radius 2 is 1.68 bits per heavy atom. The van der Waals surface area contributed by atoms with Gasteiger partial charge in [0.1, 0.15) is 0 Å². The Morgan fingerprint density at radius 1 is 0.895 bits per heavy atom. The quantitative estimate of drug-likeness (QED) is 0.751. The lowest BCUT2D eigenvalue weighted by Crippen LogP contribution is -1.90. The molecule has 0 saturated heterocycles. The zero-order valence-electron chi connectivity index (χ0n) is 11.0. The number of hydrogen-bond acceptors (Lipinski definition) is 2. The molecule has 3 heteroatoms. The van der Waals surface area contributed by atoms with E-state index in [-0.39, 0.29) is 0 Å². The van der Waals surface area contributed by atoms with Crippen molar-refractivity contribution in [2.24, 2.45) is 0 Å². The molecule has 0 saturated carbocycles. The Morgan fingerprint density at radius 3 is 2.37 bits per heavy atom. The Hall–Kier alpha value is -2.42. The summed E-state index contributed by atoms with van der Waals surface area (Å²) in [5, 5.41) is 6.85. The van der Waals surface area contributed by atoms with Crippen molar-refractivity contribution in [1.82, 2.24) is 15.2 Å². The van der Waals surface area contributed by atoms with Crippen molar-refractivity contribution in [2.75, 3.05) is 0 Å². The number of aromatic amines is 1. The molecule has 0 radical (unpaired) electrons. The first-order chi connectivity index (χ1) is 9.24. The summed E-state index contributed by atoms with van der Waals surface area (Å²) in [7, 11) is 0. The second kappa shape index (κ2) is 4.69. The van der Waals surface area contributed by atoms with Crippen molar-refractivity contribution in [1.29, 1.82) is 0 Å². The summed E-state index contributed by atoms with van der Waals surface area (Å²) >= 11 is 0. The first kappa shape index (κ1) is 11.7. The number of aryl methyl sites for hydroxylation is 2. The number of aromatic nitrogens is 3. The fourth-order valence-corrected chi connectivity index (χ4v) is 2.13. The third-order valence-corrected chi connectivity index (χ3v) is 3.16. The van der Waals surface area contributed by atoms with Gasteiger partial charge < -0.3 is 0 Å². The van der Waals surface area contributed by atoms with Crippen LogP contribution >= 0.6 is 0 Å². The molecule has 19 heavy (non-hydrogen) atoms. The third kappa shape index (κ3) is 2.27. The average molecular weight is 249 g/mol. The number of rotatable bonds is 2. The van der Waals surface area contributed by atoms with E-state index < -0.39 is 0 Å². The highest BCUT2D eigenvalue weighted by Gasteiger charge is 2.10. The maximum absolute atomic E-state index is 4.56. The normalized spacial score (nSPS) is 10.6. The van der Waals surface area contributed by atoms with Crippen molar-refractivity contribution in [3.05, 3.63) is 60.0 Å². The van der Waals surface area contributed by atoms with Gasteiger partial charge >= 0.3 is 0 Å². The van der Waals surface area contributed by atoms with Crippen LogP contribution in [0.3, 0.4) is 0 Å². The molecule has 0 spiro atoms. The van der Waals surface area contributed by atoms with E-state index in [1.165, 1.54) is 11.1 Å².